The number of hydrogen-bond donors (Lipinski definition) is 0. The summed E-state index contributed by atoms with van der Waals surface area (Å²) in [4.78, 5) is 10.6. The van der Waals surface area contributed by atoms with Crippen LogP contribution < -0.4 is 0 Å². The lowest BCUT2D eigenvalue weighted by Gasteiger charge is -2.09. The summed E-state index contributed by atoms with van der Waals surface area (Å²) in [5.74, 6) is 3.86. The number of nitro benzene ring substituents is 1. The van der Waals surface area contributed by atoms with Crippen LogP contribution in [0, 0.1) is 24.0 Å². The molecule has 0 N–H and O–H groups in total. The van der Waals surface area contributed by atoms with Gasteiger partial charge in [0.2, 0.25) is 0 Å². The summed E-state index contributed by atoms with van der Waals surface area (Å²) >= 11 is 0. The van der Waals surface area contributed by atoms with Crippen LogP contribution in [0.25, 0.3) is 11.3 Å². The number of non-ortho nitro benzene ring substituents is 1. The van der Waals surface area contributed by atoms with Crippen molar-refractivity contribution in [1.82, 2.24) is 0 Å². The molecule has 4 rings (SSSR count). The van der Waals surface area contributed by atoms with E-state index >= 15 is 0 Å². The summed E-state index contributed by atoms with van der Waals surface area (Å²) in [6.45, 7) is 3.76. The Kier molecular flexibility index (Phi) is 4.16. The lowest BCUT2D eigenvalue weighted by molar-refractivity contribution is -0.384. The summed E-state index contributed by atoms with van der Waals surface area (Å²) < 4.78 is 17.7. The minimum atomic E-state index is -0.423. The first-order chi connectivity index (χ1) is 13.0. The summed E-state index contributed by atoms with van der Waals surface area (Å²) in [5, 5.41) is 11.0. The first-order valence-corrected chi connectivity index (χ1v) is 8.48. The molecule has 6 heteroatoms. The van der Waals surface area contributed by atoms with Gasteiger partial charge in [-0.05, 0) is 50.2 Å². The maximum Gasteiger partial charge on any atom is 0.270 e. The van der Waals surface area contributed by atoms with E-state index in [-0.39, 0.29) is 11.6 Å². The smallest absolute Gasteiger partial charge is 0.270 e. The second-order valence-electron chi connectivity index (χ2n) is 6.34. The molecular weight excluding hydrogens is 346 g/mol. The van der Waals surface area contributed by atoms with Crippen LogP contribution >= 0.6 is 0 Å². The van der Waals surface area contributed by atoms with Crippen molar-refractivity contribution < 1.29 is 18.2 Å². The molecule has 3 heterocycles. The normalized spacial score (nSPS) is 11.2. The summed E-state index contributed by atoms with van der Waals surface area (Å²) in [5.41, 5.74) is 0.658. The predicted molar refractivity (Wildman–Crippen MR) is 98.6 cm³/mol. The van der Waals surface area contributed by atoms with Crippen molar-refractivity contribution in [2.24, 2.45) is 0 Å². The molecule has 0 radical (unpaired) electrons. The Morgan fingerprint density at radius 1 is 0.815 bits per heavy atom. The Balaban J connectivity index is 1.76. The Morgan fingerprint density at radius 3 is 1.96 bits per heavy atom. The van der Waals surface area contributed by atoms with Gasteiger partial charge in [0.15, 0.2) is 0 Å². The lowest BCUT2D eigenvalue weighted by Crippen LogP contribution is -1.99. The van der Waals surface area contributed by atoms with Crippen LogP contribution in [0.4, 0.5) is 5.69 Å². The number of rotatable bonds is 5. The van der Waals surface area contributed by atoms with Gasteiger partial charge in [0.1, 0.15) is 40.5 Å². The van der Waals surface area contributed by atoms with Crippen LogP contribution in [0.2, 0.25) is 0 Å². The molecule has 0 aliphatic heterocycles. The van der Waals surface area contributed by atoms with Crippen molar-refractivity contribution in [2.75, 3.05) is 0 Å². The second kappa shape index (κ2) is 6.64. The molecule has 0 fully saturated rings. The largest absolute Gasteiger partial charge is 0.465 e. The fourth-order valence-electron chi connectivity index (χ4n) is 3.07. The van der Waals surface area contributed by atoms with Gasteiger partial charge in [-0.3, -0.25) is 10.1 Å². The molecule has 3 aromatic heterocycles. The number of aryl methyl sites for hydroxylation is 2. The third-order valence-electron chi connectivity index (χ3n) is 4.34. The van der Waals surface area contributed by atoms with Gasteiger partial charge in [0, 0.05) is 17.7 Å². The second-order valence-corrected chi connectivity index (χ2v) is 6.34. The highest BCUT2D eigenvalue weighted by molar-refractivity contribution is 5.61. The third kappa shape index (κ3) is 3.29. The van der Waals surface area contributed by atoms with Gasteiger partial charge in [-0.15, -0.1) is 0 Å². The molecule has 27 heavy (non-hydrogen) atoms. The van der Waals surface area contributed by atoms with E-state index in [0.29, 0.717) is 28.6 Å². The Morgan fingerprint density at radius 2 is 1.41 bits per heavy atom. The molecule has 4 aromatic rings. The molecule has 1 aromatic carbocycles. The third-order valence-corrected chi connectivity index (χ3v) is 4.34. The number of hydrogen-bond acceptors (Lipinski definition) is 5. The molecule has 0 bridgehead atoms. The monoisotopic (exact) mass is 363 g/mol. The van der Waals surface area contributed by atoms with Crippen molar-refractivity contribution in [3.63, 3.8) is 0 Å². The maximum absolute atomic E-state index is 11.0. The topological polar surface area (TPSA) is 82.6 Å². The molecule has 0 atom stereocenters. The first kappa shape index (κ1) is 16.9. The molecule has 136 valence electrons. The minimum Gasteiger partial charge on any atom is -0.465 e. The standard InChI is InChI=1S/C21H17NO5/c1-13-6-8-18(25-13)21(19-9-7-14(2)26-19)20-11-10-17(27-20)15-4-3-5-16(12-15)22(23)24/h3-12,21H,1-2H3. The number of nitro groups is 1. The van der Waals surface area contributed by atoms with Crippen molar-refractivity contribution in [3.05, 3.63) is 99.6 Å². The molecule has 0 unspecified atom stereocenters. The van der Waals surface area contributed by atoms with Crippen LogP contribution in [0.15, 0.2) is 73.9 Å². The fraction of sp³-hybridized carbons (Fsp3) is 0.143. The predicted octanol–water partition coefficient (Wildman–Crippen LogP) is 5.84. The zero-order valence-corrected chi connectivity index (χ0v) is 14.8. The van der Waals surface area contributed by atoms with Crippen molar-refractivity contribution >= 4 is 5.69 Å². The van der Waals surface area contributed by atoms with E-state index in [1.165, 1.54) is 12.1 Å². The molecule has 0 spiro atoms. The zero-order chi connectivity index (χ0) is 19.0. The molecule has 0 aliphatic rings. The van der Waals surface area contributed by atoms with E-state index in [2.05, 4.69) is 0 Å². The summed E-state index contributed by atoms with van der Waals surface area (Å²) in [6.07, 6.45) is 0. The van der Waals surface area contributed by atoms with Gasteiger partial charge in [-0.25, -0.2) is 0 Å². The zero-order valence-electron chi connectivity index (χ0n) is 14.8. The minimum absolute atomic E-state index is 0.0188. The van der Waals surface area contributed by atoms with Crippen LogP contribution in [0.5, 0.6) is 0 Å². The van der Waals surface area contributed by atoms with Crippen molar-refractivity contribution in [2.45, 2.75) is 19.8 Å². The fourth-order valence-corrected chi connectivity index (χ4v) is 3.07. The Hall–Kier alpha value is -3.54. The van der Waals surface area contributed by atoms with Gasteiger partial charge >= 0.3 is 0 Å². The van der Waals surface area contributed by atoms with E-state index < -0.39 is 4.92 Å². The van der Waals surface area contributed by atoms with E-state index in [0.717, 1.165) is 11.5 Å². The molecule has 0 amide bonds. The SMILES string of the molecule is Cc1ccc(C(c2ccc(C)o2)c2ccc(-c3cccc([N+](=O)[O-])c3)o2)o1. The molecule has 0 aliphatic carbocycles. The first-order valence-electron chi connectivity index (χ1n) is 8.48. The highest BCUT2D eigenvalue weighted by atomic mass is 16.6. The number of nitrogens with zero attached hydrogens (tertiary/aromatic N) is 1. The van der Waals surface area contributed by atoms with E-state index in [9.17, 15) is 10.1 Å². The molecular formula is C21H17NO5. The molecule has 0 saturated heterocycles. The van der Waals surface area contributed by atoms with E-state index in [4.69, 9.17) is 13.3 Å². The highest BCUT2D eigenvalue weighted by Gasteiger charge is 2.27. The van der Waals surface area contributed by atoms with Crippen LogP contribution in [0.1, 0.15) is 34.7 Å². The number of benzene rings is 1. The lowest BCUT2D eigenvalue weighted by atomic mass is 10.0. The van der Waals surface area contributed by atoms with Crippen LogP contribution in [-0.4, -0.2) is 4.92 Å². The van der Waals surface area contributed by atoms with Gasteiger partial charge in [-0.1, -0.05) is 12.1 Å². The van der Waals surface area contributed by atoms with Crippen LogP contribution in [-0.2, 0) is 0 Å². The van der Waals surface area contributed by atoms with E-state index in [1.54, 1.807) is 18.2 Å². The van der Waals surface area contributed by atoms with Crippen molar-refractivity contribution in [1.29, 1.82) is 0 Å². The van der Waals surface area contributed by atoms with Gasteiger partial charge in [0.05, 0.1) is 4.92 Å². The average molecular weight is 363 g/mol. The maximum atomic E-state index is 11.0. The summed E-state index contributed by atoms with van der Waals surface area (Å²) in [7, 11) is 0. The van der Waals surface area contributed by atoms with Gasteiger partial charge in [0.25, 0.3) is 5.69 Å². The van der Waals surface area contributed by atoms with Crippen molar-refractivity contribution in [3.8, 4) is 11.3 Å². The van der Waals surface area contributed by atoms with Crippen LogP contribution in [0.3, 0.4) is 0 Å². The van der Waals surface area contributed by atoms with Gasteiger partial charge in [-0.2, -0.15) is 0 Å². The molecule has 0 saturated carbocycles. The average Bonchev–Trinajstić information content (AvgIpc) is 3.38. The quantitative estimate of drug-likeness (QED) is 0.329. The van der Waals surface area contributed by atoms with Gasteiger partial charge < -0.3 is 13.3 Å². The highest BCUT2D eigenvalue weighted by Crippen LogP contribution is 2.37. The number of furan rings is 3. The Bertz CT molecular complexity index is 1060. The summed E-state index contributed by atoms with van der Waals surface area (Å²) in [6, 6.07) is 17.6. The van der Waals surface area contributed by atoms with E-state index in [1.807, 2.05) is 44.2 Å². The molecule has 6 nitrogen and oxygen atoms in total. The Labute approximate surface area is 155 Å².